The highest BCUT2D eigenvalue weighted by Crippen LogP contribution is 2.11. The van der Waals surface area contributed by atoms with Crippen molar-refractivity contribution in [2.75, 3.05) is 5.32 Å². The molecule has 2 amide bonds. The quantitative estimate of drug-likeness (QED) is 0.755. The Morgan fingerprint density at radius 1 is 1.00 bits per heavy atom. The summed E-state index contributed by atoms with van der Waals surface area (Å²) in [6.45, 7) is 0.261. The lowest BCUT2D eigenvalue weighted by Gasteiger charge is -2.04. The Bertz CT molecular complexity index is 803. The van der Waals surface area contributed by atoms with E-state index in [2.05, 4.69) is 20.8 Å². The fourth-order valence-electron chi connectivity index (χ4n) is 2.07. The Kier molecular flexibility index (Phi) is 4.81. The average Bonchev–Trinajstić information content (AvgIpc) is 3.02. The summed E-state index contributed by atoms with van der Waals surface area (Å²) in [7, 11) is 0. The highest BCUT2D eigenvalue weighted by molar-refractivity contribution is 5.86. The van der Waals surface area contributed by atoms with Gasteiger partial charge in [-0.2, -0.15) is 0 Å². The largest absolute Gasteiger partial charge is 0.407 e. The third kappa shape index (κ3) is 4.39. The van der Waals surface area contributed by atoms with Crippen molar-refractivity contribution in [2.24, 2.45) is 0 Å². The number of nitrogens with zero attached hydrogens (tertiary/aromatic N) is 2. The maximum atomic E-state index is 12.8. The topological polar surface area (TPSA) is 80.0 Å². The summed E-state index contributed by atoms with van der Waals surface area (Å²) in [5.74, 6) is 0.0926. The lowest BCUT2D eigenvalue weighted by Crippen LogP contribution is -2.28. The van der Waals surface area contributed by atoms with Crippen molar-refractivity contribution in [2.45, 2.75) is 13.0 Å². The Morgan fingerprint density at radius 2 is 1.75 bits per heavy atom. The molecule has 6 nitrogen and oxygen atoms in total. The minimum absolute atomic E-state index is 0.0255. The molecular formula is C17H15FN4O2. The minimum atomic E-state index is -0.478. The molecule has 1 heterocycles. The molecule has 3 rings (SSSR count). The van der Waals surface area contributed by atoms with Gasteiger partial charge in [-0.25, -0.2) is 9.18 Å². The number of halogens is 1. The highest BCUT2D eigenvalue weighted by atomic mass is 19.1. The summed E-state index contributed by atoms with van der Waals surface area (Å²) in [5, 5.41) is 12.8. The summed E-state index contributed by atoms with van der Waals surface area (Å²) in [5.41, 5.74) is 1.82. The van der Waals surface area contributed by atoms with Crippen LogP contribution in [0.4, 0.5) is 15.2 Å². The lowest BCUT2D eigenvalue weighted by molar-refractivity contribution is 0.251. The van der Waals surface area contributed by atoms with E-state index in [0.717, 1.165) is 11.1 Å². The Morgan fingerprint density at radius 3 is 2.50 bits per heavy atom. The number of benzene rings is 2. The molecule has 2 aromatic carbocycles. The molecular weight excluding hydrogens is 311 g/mol. The van der Waals surface area contributed by atoms with Crippen molar-refractivity contribution in [3.8, 4) is 0 Å². The van der Waals surface area contributed by atoms with E-state index in [1.807, 2.05) is 30.3 Å². The van der Waals surface area contributed by atoms with Gasteiger partial charge in [-0.15, -0.1) is 5.10 Å². The third-order valence-electron chi connectivity index (χ3n) is 3.25. The number of hydrogen-bond acceptors (Lipinski definition) is 4. The monoisotopic (exact) mass is 326 g/mol. The van der Waals surface area contributed by atoms with Gasteiger partial charge in [-0.1, -0.05) is 47.6 Å². The van der Waals surface area contributed by atoms with Crippen molar-refractivity contribution in [3.05, 3.63) is 77.4 Å². The number of urea groups is 1. The molecule has 0 aliphatic heterocycles. The third-order valence-corrected chi connectivity index (χ3v) is 3.25. The van der Waals surface area contributed by atoms with Crippen LogP contribution in [0.2, 0.25) is 0 Å². The Labute approximate surface area is 137 Å². The normalized spacial score (nSPS) is 10.4. The van der Waals surface area contributed by atoms with Gasteiger partial charge in [-0.3, -0.25) is 5.32 Å². The number of anilines is 1. The van der Waals surface area contributed by atoms with E-state index in [4.69, 9.17) is 4.42 Å². The smallest absolute Gasteiger partial charge is 0.323 e. The van der Waals surface area contributed by atoms with E-state index in [0.29, 0.717) is 12.3 Å². The van der Waals surface area contributed by atoms with E-state index in [9.17, 15) is 9.18 Å². The second kappa shape index (κ2) is 7.36. The Hall–Kier alpha value is -3.22. The number of hydrogen-bond donors (Lipinski definition) is 2. The fraction of sp³-hybridized carbons (Fsp3) is 0.118. The highest BCUT2D eigenvalue weighted by Gasteiger charge is 2.10. The van der Waals surface area contributed by atoms with Gasteiger partial charge >= 0.3 is 12.0 Å². The second-order valence-electron chi connectivity index (χ2n) is 5.10. The predicted molar refractivity (Wildman–Crippen MR) is 85.8 cm³/mol. The van der Waals surface area contributed by atoms with E-state index < -0.39 is 6.03 Å². The standard InChI is InChI=1S/C17H15FN4O2/c18-14-8-6-13(7-9-14)11-19-16(23)20-17-22-21-15(24-17)10-12-4-2-1-3-5-12/h1-9H,10-11H2,(H2,19,20,22,23). The van der Waals surface area contributed by atoms with Gasteiger partial charge in [0.05, 0.1) is 6.42 Å². The molecule has 0 saturated heterocycles. The molecule has 7 heteroatoms. The number of rotatable bonds is 5. The molecule has 0 radical (unpaired) electrons. The molecule has 0 saturated carbocycles. The molecule has 122 valence electrons. The number of carbonyl (C=O) groups excluding carboxylic acids is 1. The van der Waals surface area contributed by atoms with Crippen LogP contribution in [0.5, 0.6) is 0 Å². The number of aromatic nitrogens is 2. The van der Waals surface area contributed by atoms with Gasteiger partial charge in [0.1, 0.15) is 5.82 Å². The SMILES string of the molecule is O=C(NCc1ccc(F)cc1)Nc1nnc(Cc2ccccc2)o1. The number of carbonyl (C=O) groups is 1. The first kappa shape index (κ1) is 15.7. The predicted octanol–water partition coefficient (Wildman–Crippen LogP) is 3.12. The van der Waals surface area contributed by atoms with Crippen molar-refractivity contribution < 1.29 is 13.6 Å². The second-order valence-corrected chi connectivity index (χ2v) is 5.10. The molecule has 0 aliphatic carbocycles. The van der Waals surface area contributed by atoms with Gasteiger partial charge in [0.15, 0.2) is 0 Å². The van der Waals surface area contributed by atoms with Crippen LogP contribution in [0.1, 0.15) is 17.0 Å². The van der Waals surface area contributed by atoms with Crippen LogP contribution < -0.4 is 10.6 Å². The van der Waals surface area contributed by atoms with Crippen molar-refractivity contribution in [1.29, 1.82) is 0 Å². The van der Waals surface area contributed by atoms with Gasteiger partial charge < -0.3 is 9.73 Å². The molecule has 3 aromatic rings. The summed E-state index contributed by atoms with van der Waals surface area (Å²) in [4.78, 5) is 11.8. The van der Waals surface area contributed by atoms with Crippen LogP contribution in [0.25, 0.3) is 0 Å². The van der Waals surface area contributed by atoms with Gasteiger partial charge in [-0.05, 0) is 23.3 Å². The van der Waals surface area contributed by atoms with Crippen LogP contribution in [-0.2, 0) is 13.0 Å². The summed E-state index contributed by atoms with van der Waals surface area (Å²) in [6.07, 6.45) is 0.493. The first-order chi connectivity index (χ1) is 11.7. The van der Waals surface area contributed by atoms with Gasteiger partial charge in [0, 0.05) is 6.54 Å². The van der Waals surface area contributed by atoms with Crippen molar-refractivity contribution in [1.82, 2.24) is 15.5 Å². The molecule has 0 fully saturated rings. The van der Waals surface area contributed by atoms with Gasteiger partial charge in [0.25, 0.3) is 0 Å². The summed E-state index contributed by atoms with van der Waals surface area (Å²) >= 11 is 0. The molecule has 1 aromatic heterocycles. The molecule has 2 N–H and O–H groups in total. The average molecular weight is 326 g/mol. The van der Waals surface area contributed by atoms with Crippen LogP contribution >= 0.6 is 0 Å². The van der Waals surface area contributed by atoms with Crippen molar-refractivity contribution >= 4 is 12.0 Å². The minimum Gasteiger partial charge on any atom is -0.407 e. The van der Waals surface area contributed by atoms with Crippen molar-refractivity contribution in [3.63, 3.8) is 0 Å². The number of amides is 2. The van der Waals surface area contributed by atoms with E-state index in [-0.39, 0.29) is 18.4 Å². The lowest BCUT2D eigenvalue weighted by atomic mass is 10.2. The van der Waals surface area contributed by atoms with Gasteiger partial charge in [0.2, 0.25) is 5.89 Å². The maximum absolute atomic E-state index is 12.8. The zero-order chi connectivity index (χ0) is 16.8. The molecule has 0 aliphatic rings. The first-order valence-corrected chi connectivity index (χ1v) is 7.34. The fourth-order valence-corrected chi connectivity index (χ4v) is 2.07. The van der Waals surface area contributed by atoms with E-state index in [1.54, 1.807) is 12.1 Å². The summed E-state index contributed by atoms with van der Waals surface area (Å²) in [6, 6.07) is 15.1. The van der Waals surface area contributed by atoms with Crippen LogP contribution in [0.15, 0.2) is 59.0 Å². The molecule has 0 unspecified atom stereocenters. The van der Waals surface area contributed by atoms with E-state index in [1.165, 1.54) is 12.1 Å². The first-order valence-electron chi connectivity index (χ1n) is 7.34. The van der Waals surface area contributed by atoms with Crippen LogP contribution in [-0.4, -0.2) is 16.2 Å². The molecule has 0 atom stereocenters. The summed E-state index contributed by atoms with van der Waals surface area (Å²) < 4.78 is 18.2. The molecule has 0 bridgehead atoms. The zero-order valence-corrected chi connectivity index (χ0v) is 12.7. The molecule has 24 heavy (non-hydrogen) atoms. The maximum Gasteiger partial charge on any atom is 0.323 e. The zero-order valence-electron chi connectivity index (χ0n) is 12.7. The van der Waals surface area contributed by atoms with Crippen LogP contribution in [0.3, 0.4) is 0 Å². The number of nitrogens with one attached hydrogen (secondary N) is 2. The van der Waals surface area contributed by atoms with Crippen LogP contribution in [0, 0.1) is 5.82 Å². The van der Waals surface area contributed by atoms with E-state index >= 15 is 0 Å². The molecule has 0 spiro atoms. The Balaban J connectivity index is 1.50.